The quantitative estimate of drug-likeness (QED) is 0.838. The molecule has 2 aliphatic rings. The van der Waals surface area contributed by atoms with Crippen LogP contribution in [0.1, 0.15) is 40.0 Å². The van der Waals surface area contributed by atoms with Crippen LogP contribution in [0.25, 0.3) is 0 Å². The maximum atomic E-state index is 6.12. The summed E-state index contributed by atoms with van der Waals surface area (Å²) >= 11 is 3.36. The van der Waals surface area contributed by atoms with Crippen LogP contribution in [-0.4, -0.2) is 23.2 Å². The summed E-state index contributed by atoms with van der Waals surface area (Å²) in [7, 11) is 1.60. The summed E-state index contributed by atoms with van der Waals surface area (Å²) in [4.78, 5) is 8.57. The first-order valence-corrected chi connectivity index (χ1v) is 7.91. The topological polar surface area (TPSA) is 44.2 Å². The highest BCUT2D eigenvalue weighted by Crippen LogP contribution is 2.66. The molecule has 2 bridgehead atoms. The van der Waals surface area contributed by atoms with Crippen molar-refractivity contribution in [3.8, 4) is 11.9 Å². The number of hydrogen-bond acceptors (Lipinski definition) is 4. The van der Waals surface area contributed by atoms with E-state index in [-0.39, 0.29) is 11.5 Å². The highest BCUT2D eigenvalue weighted by Gasteiger charge is 2.62. The van der Waals surface area contributed by atoms with Crippen molar-refractivity contribution in [2.24, 2.45) is 16.7 Å². The van der Waals surface area contributed by atoms with E-state index in [1.807, 2.05) is 0 Å². The van der Waals surface area contributed by atoms with Gasteiger partial charge >= 0.3 is 6.01 Å². The third kappa shape index (κ3) is 1.85. The van der Waals surface area contributed by atoms with Gasteiger partial charge in [-0.3, -0.25) is 0 Å². The minimum absolute atomic E-state index is 0.196. The lowest BCUT2D eigenvalue weighted by molar-refractivity contribution is 0.0237. The van der Waals surface area contributed by atoms with E-state index in [0.29, 0.717) is 17.3 Å². The molecule has 5 heteroatoms. The van der Waals surface area contributed by atoms with Gasteiger partial charge in [-0.25, -0.2) is 4.98 Å². The molecule has 3 rings (SSSR count). The number of fused-ring (bicyclic) bond motifs is 2. The van der Waals surface area contributed by atoms with Gasteiger partial charge in [0, 0.05) is 5.41 Å². The van der Waals surface area contributed by atoms with Gasteiger partial charge < -0.3 is 9.47 Å². The van der Waals surface area contributed by atoms with Crippen LogP contribution in [0.5, 0.6) is 11.9 Å². The average molecular weight is 341 g/mol. The summed E-state index contributed by atoms with van der Waals surface area (Å²) in [6, 6.07) is 0.416. The Morgan fingerprint density at radius 3 is 2.65 bits per heavy atom. The molecule has 0 spiro atoms. The first-order valence-electron chi connectivity index (χ1n) is 7.11. The second-order valence-electron chi connectivity index (χ2n) is 6.73. The summed E-state index contributed by atoms with van der Waals surface area (Å²) in [5.41, 5.74) is 0.540. The number of ether oxygens (including phenoxy) is 2. The smallest absolute Gasteiger partial charge is 0.320 e. The molecule has 3 atom stereocenters. The molecule has 20 heavy (non-hydrogen) atoms. The van der Waals surface area contributed by atoms with Gasteiger partial charge in [-0.05, 0) is 46.5 Å². The second kappa shape index (κ2) is 4.58. The van der Waals surface area contributed by atoms with Crippen LogP contribution in [0.15, 0.2) is 10.7 Å². The fraction of sp³-hybridized carbons (Fsp3) is 0.733. The van der Waals surface area contributed by atoms with E-state index >= 15 is 0 Å². The lowest BCUT2D eigenvalue weighted by Gasteiger charge is -2.38. The van der Waals surface area contributed by atoms with Crippen molar-refractivity contribution in [3.05, 3.63) is 10.7 Å². The maximum Gasteiger partial charge on any atom is 0.320 e. The van der Waals surface area contributed by atoms with E-state index in [9.17, 15) is 0 Å². The van der Waals surface area contributed by atoms with E-state index in [2.05, 4.69) is 46.7 Å². The molecule has 4 nitrogen and oxygen atoms in total. The minimum Gasteiger partial charge on any atom is -0.480 e. The third-order valence-electron chi connectivity index (χ3n) is 5.84. The summed E-state index contributed by atoms with van der Waals surface area (Å²) < 4.78 is 12.1. The first-order chi connectivity index (χ1) is 9.38. The zero-order valence-corrected chi connectivity index (χ0v) is 14.0. The van der Waals surface area contributed by atoms with Gasteiger partial charge in [-0.1, -0.05) is 20.8 Å². The van der Waals surface area contributed by atoms with Crippen LogP contribution in [0.4, 0.5) is 0 Å². The van der Waals surface area contributed by atoms with Crippen LogP contribution < -0.4 is 9.47 Å². The van der Waals surface area contributed by atoms with Crippen molar-refractivity contribution in [1.29, 1.82) is 0 Å². The molecular weight excluding hydrogens is 320 g/mol. The van der Waals surface area contributed by atoms with E-state index in [1.165, 1.54) is 12.8 Å². The highest BCUT2D eigenvalue weighted by atomic mass is 79.9. The lowest BCUT2D eigenvalue weighted by Crippen LogP contribution is -2.39. The number of halogens is 1. The monoisotopic (exact) mass is 340 g/mol. The molecule has 110 valence electrons. The summed E-state index contributed by atoms with van der Waals surface area (Å²) in [5, 5.41) is 0. The first kappa shape index (κ1) is 14.1. The Balaban J connectivity index is 1.83. The molecule has 0 radical (unpaired) electrons. The molecule has 0 amide bonds. The number of hydrogen-bond donors (Lipinski definition) is 0. The maximum absolute atomic E-state index is 6.12. The molecule has 1 aromatic rings. The standard InChI is InChI=1S/C15H21BrN2O2/c1-14(2)9-5-6-15(14,3)11(7-9)20-13-17-8-10(16)12(18-13)19-4/h8-9,11H,5-7H2,1-4H3. The molecule has 2 fully saturated rings. The van der Waals surface area contributed by atoms with E-state index in [4.69, 9.17) is 9.47 Å². The predicted molar refractivity (Wildman–Crippen MR) is 79.9 cm³/mol. The Hall–Kier alpha value is -0.840. The Labute approximate surface area is 128 Å². The SMILES string of the molecule is COc1nc(OC2CC3CCC2(C)C3(C)C)ncc1Br. The van der Waals surface area contributed by atoms with E-state index in [0.717, 1.165) is 16.8 Å². The van der Waals surface area contributed by atoms with Crippen molar-refractivity contribution in [3.63, 3.8) is 0 Å². The molecule has 0 saturated heterocycles. The van der Waals surface area contributed by atoms with Gasteiger partial charge in [0.15, 0.2) is 0 Å². The van der Waals surface area contributed by atoms with Gasteiger partial charge in [0.2, 0.25) is 5.88 Å². The van der Waals surface area contributed by atoms with E-state index in [1.54, 1.807) is 13.3 Å². The molecule has 3 unspecified atom stereocenters. The van der Waals surface area contributed by atoms with Crippen LogP contribution in [-0.2, 0) is 0 Å². The van der Waals surface area contributed by atoms with Gasteiger partial charge in [0.1, 0.15) is 6.10 Å². The predicted octanol–water partition coefficient (Wildman–Crippen LogP) is 3.84. The van der Waals surface area contributed by atoms with Crippen molar-refractivity contribution < 1.29 is 9.47 Å². The van der Waals surface area contributed by atoms with Gasteiger partial charge in [0.25, 0.3) is 0 Å². The second-order valence-corrected chi connectivity index (χ2v) is 7.58. The normalized spacial score (nSPS) is 34.2. The van der Waals surface area contributed by atoms with E-state index < -0.39 is 0 Å². The molecule has 0 aromatic carbocycles. The zero-order chi connectivity index (χ0) is 14.5. The molecule has 2 aliphatic carbocycles. The Kier molecular flexibility index (Phi) is 3.23. The third-order valence-corrected chi connectivity index (χ3v) is 6.39. The van der Waals surface area contributed by atoms with Crippen molar-refractivity contribution in [2.75, 3.05) is 7.11 Å². The minimum atomic E-state index is 0.196. The molecular formula is C15H21BrN2O2. The van der Waals surface area contributed by atoms with Crippen LogP contribution in [0.3, 0.4) is 0 Å². The number of rotatable bonds is 3. The van der Waals surface area contributed by atoms with Crippen LogP contribution >= 0.6 is 15.9 Å². The Morgan fingerprint density at radius 2 is 2.10 bits per heavy atom. The molecule has 1 aromatic heterocycles. The largest absolute Gasteiger partial charge is 0.480 e. The average Bonchev–Trinajstić information content (AvgIpc) is 2.74. The summed E-state index contributed by atoms with van der Waals surface area (Å²) in [6.07, 6.45) is 5.52. The summed E-state index contributed by atoms with van der Waals surface area (Å²) in [5.74, 6) is 1.26. The Morgan fingerprint density at radius 1 is 1.35 bits per heavy atom. The lowest BCUT2D eigenvalue weighted by atomic mass is 9.70. The molecule has 1 heterocycles. The Bertz CT molecular complexity index is 535. The molecule has 0 N–H and O–H groups in total. The van der Waals surface area contributed by atoms with Gasteiger partial charge in [-0.15, -0.1) is 0 Å². The number of aromatic nitrogens is 2. The number of methoxy groups -OCH3 is 1. The van der Waals surface area contributed by atoms with Crippen molar-refractivity contribution in [1.82, 2.24) is 9.97 Å². The molecule has 2 saturated carbocycles. The summed E-state index contributed by atoms with van der Waals surface area (Å²) in [6.45, 7) is 7.09. The van der Waals surface area contributed by atoms with Crippen LogP contribution in [0.2, 0.25) is 0 Å². The fourth-order valence-electron chi connectivity index (χ4n) is 3.97. The van der Waals surface area contributed by atoms with Gasteiger partial charge in [-0.2, -0.15) is 4.98 Å². The number of nitrogens with zero attached hydrogens (tertiary/aromatic N) is 2. The molecule has 0 aliphatic heterocycles. The van der Waals surface area contributed by atoms with Crippen molar-refractivity contribution in [2.45, 2.75) is 46.1 Å². The zero-order valence-electron chi connectivity index (χ0n) is 12.4. The van der Waals surface area contributed by atoms with Gasteiger partial charge in [0.05, 0.1) is 17.8 Å². The highest BCUT2D eigenvalue weighted by molar-refractivity contribution is 9.10. The van der Waals surface area contributed by atoms with Crippen LogP contribution in [0, 0.1) is 16.7 Å². The fourth-order valence-corrected chi connectivity index (χ4v) is 4.32. The van der Waals surface area contributed by atoms with Crippen molar-refractivity contribution >= 4 is 15.9 Å².